The van der Waals surface area contributed by atoms with Crippen molar-refractivity contribution in [1.29, 1.82) is 0 Å². The molecular formula is C21H19NO4. The number of carboxylic acid groups (broad SMARTS) is 1. The van der Waals surface area contributed by atoms with Gasteiger partial charge in [0.1, 0.15) is 0 Å². The minimum absolute atomic E-state index is 0.0759. The van der Waals surface area contributed by atoms with Crippen LogP contribution in [-0.4, -0.2) is 29.3 Å². The molecule has 0 saturated carbocycles. The Morgan fingerprint density at radius 1 is 1.12 bits per heavy atom. The van der Waals surface area contributed by atoms with Crippen LogP contribution in [0.25, 0.3) is 22.2 Å². The van der Waals surface area contributed by atoms with Gasteiger partial charge >= 0.3 is 5.97 Å². The fraction of sp³-hybridized carbons (Fsp3) is 0.238. The van der Waals surface area contributed by atoms with Gasteiger partial charge in [-0.1, -0.05) is 18.2 Å². The molecule has 4 rings (SSSR count). The lowest BCUT2D eigenvalue weighted by Crippen LogP contribution is -2.06. The van der Waals surface area contributed by atoms with Gasteiger partial charge < -0.3 is 14.6 Å². The molecule has 5 heteroatoms. The molecular weight excluding hydrogens is 330 g/mol. The Bertz CT molecular complexity index is 997. The van der Waals surface area contributed by atoms with Crippen LogP contribution in [-0.2, 0) is 11.2 Å². The molecule has 1 N–H and O–H groups in total. The van der Waals surface area contributed by atoms with Gasteiger partial charge in [0, 0.05) is 17.4 Å². The summed E-state index contributed by atoms with van der Waals surface area (Å²) in [5.74, 6) is 0.512. The highest BCUT2D eigenvalue weighted by Gasteiger charge is 2.18. The van der Waals surface area contributed by atoms with E-state index in [0.717, 1.165) is 34.0 Å². The lowest BCUT2D eigenvalue weighted by Gasteiger charge is -2.15. The number of ether oxygens (including phenoxy) is 2. The Kier molecular flexibility index (Phi) is 4.21. The van der Waals surface area contributed by atoms with Crippen LogP contribution < -0.4 is 9.47 Å². The second kappa shape index (κ2) is 6.67. The summed E-state index contributed by atoms with van der Waals surface area (Å²) in [5.41, 5.74) is 4.03. The summed E-state index contributed by atoms with van der Waals surface area (Å²) in [7, 11) is 0. The Morgan fingerprint density at radius 3 is 2.69 bits per heavy atom. The zero-order valence-electron chi connectivity index (χ0n) is 14.5. The molecule has 0 atom stereocenters. The third-order valence-electron chi connectivity index (χ3n) is 4.63. The summed E-state index contributed by atoms with van der Waals surface area (Å²) in [6.45, 7) is 3.18. The van der Waals surface area contributed by atoms with Crippen molar-refractivity contribution >= 4 is 16.9 Å². The fourth-order valence-electron chi connectivity index (χ4n) is 3.33. The van der Waals surface area contributed by atoms with Crippen molar-refractivity contribution in [2.75, 3.05) is 13.2 Å². The maximum atomic E-state index is 11.4. The highest BCUT2D eigenvalue weighted by Crippen LogP contribution is 2.36. The van der Waals surface area contributed by atoms with Crippen molar-refractivity contribution in [3.05, 3.63) is 53.6 Å². The molecule has 132 valence electrons. The number of carbonyl (C=O) groups is 1. The molecule has 0 radical (unpaired) electrons. The molecule has 0 spiro atoms. The molecule has 0 saturated heterocycles. The van der Waals surface area contributed by atoms with Gasteiger partial charge in [-0.3, -0.25) is 4.79 Å². The quantitative estimate of drug-likeness (QED) is 0.774. The minimum Gasteiger partial charge on any atom is -0.490 e. The van der Waals surface area contributed by atoms with Gasteiger partial charge in [0.05, 0.1) is 30.8 Å². The number of nitrogens with zero attached hydrogens (tertiary/aromatic N) is 1. The topological polar surface area (TPSA) is 68.7 Å². The summed E-state index contributed by atoms with van der Waals surface area (Å²) >= 11 is 0. The molecule has 1 aromatic heterocycles. The maximum absolute atomic E-state index is 11.4. The highest BCUT2D eigenvalue weighted by atomic mass is 16.5. The van der Waals surface area contributed by atoms with Crippen LogP contribution in [0.15, 0.2) is 42.5 Å². The minimum atomic E-state index is -0.874. The van der Waals surface area contributed by atoms with Crippen molar-refractivity contribution in [3.8, 4) is 22.8 Å². The van der Waals surface area contributed by atoms with Crippen LogP contribution in [0, 0.1) is 6.92 Å². The van der Waals surface area contributed by atoms with Gasteiger partial charge in [-0.15, -0.1) is 0 Å². The number of para-hydroxylation sites is 1. The summed E-state index contributed by atoms with van der Waals surface area (Å²) in [5, 5.41) is 10.4. The molecule has 0 bridgehead atoms. The number of aliphatic carboxylic acids is 1. The van der Waals surface area contributed by atoms with Crippen LogP contribution in [0.2, 0.25) is 0 Å². The van der Waals surface area contributed by atoms with Gasteiger partial charge in [0.2, 0.25) is 0 Å². The van der Waals surface area contributed by atoms with Crippen LogP contribution in [0.1, 0.15) is 17.5 Å². The van der Waals surface area contributed by atoms with Crippen molar-refractivity contribution in [1.82, 2.24) is 4.98 Å². The van der Waals surface area contributed by atoms with E-state index >= 15 is 0 Å². The number of aromatic nitrogens is 1. The van der Waals surface area contributed by atoms with E-state index in [-0.39, 0.29) is 6.42 Å². The summed E-state index contributed by atoms with van der Waals surface area (Å²) < 4.78 is 11.5. The van der Waals surface area contributed by atoms with E-state index < -0.39 is 5.97 Å². The van der Waals surface area contributed by atoms with Gasteiger partial charge in [-0.2, -0.15) is 0 Å². The first-order valence-corrected chi connectivity index (χ1v) is 8.63. The van der Waals surface area contributed by atoms with Gasteiger partial charge in [-0.25, -0.2) is 4.98 Å². The monoisotopic (exact) mass is 349 g/mol. The third-order valence-corrected chi connectivity index (χ3v) is 4.63. The molecule has 0 unspecified atom stereocenters. The lowest BCUT2D eigenvalue weighted by atomic mass is 9.95. The van der Waals surface area contributed by atoms with Crippen molar-refractivity contribution in [3.63, 3.8) is 0 Å². The molecule has 3 aromatic rings. The van der Waals surface area contributed by atoms with Gasteiger partial charge in [0.25, 0.3) is 0 Å². The van der Waals surface area contributed by atoms with Crippen LogP contribution in [0.3, 0.4) is 0 Å². The normalized spacial score (nSPS) is 13.4. The molecule has 5 nitrogen and oxygen atoms in total. The Labute approximate surface area is 151 Å². The maximum Gasteiger partial charge on any atom is 0.307 e. The number of hydrogen-bond donors (Lipinski definition) is 1. The number of fused-ring (bicyclic) bond motifs is 2. The third kappa shape index (κ3) is 2.96. The van der Waals surface area contributed by atoms with E-state index in [1.54, 1.807) is 0 Å². The zero-order valence-corrected chi connectivity index (χ0v) is 14.5. The largest absolute Gasteiger partial charge is 0.490 e. The lowest BCUT2D eigenvalue weighted by molar-refractivity contribution is -0.136. The van der Waals surface area contributed by atoms with E-state index in [0.29, 0.717) is 30.4 Å². The zero-order chi connectivity index (χ0) is 18.1. The smallest absolute Gasteiger partial charge is 0.307 e. The summed E-state index contributed by atoms with van der Waals surface area (Å²) in [4.78, 5) is 16.2. The van der Waals surface area contributed by atoms with Crippen molar-refractivity contribution in [2.24, 2.45) is 0 Å². The molecule has 1 aliphatic heterocycles. The Morgan fingerprint density at radius 2 is 1.88 bits per heavy atom. The first kappa shape index (κ1) is 16.4. The molecule has 0 amide bonds. The number of aryl methyl sites for hydroxylation is 1. The average Bonchev–Trinajstić information content (AvgIpc) is 2.88. The number of benzene rings is 2. The van der Waals surface area contributed by atoms with E-state index in [1.807, 2.05) is 49.4 Å². The molecule has 2 aromatic carbocycles. The highest BCUT2D eigenvalue weighted by molar-refractivity contribution is 5.89. The Hall–Kier alpha value is -3.08. The van der Waals surface area contributed by atoms with Crippen molar-refractivity contribution < 1.29 is 19.4 Å². The average molecular weight is 349 g/mol. The van der Waals surface area contributed by atoms with E-state index in [4.69, 9.17) is 14.5 Å². The number of carboxylic acids is 1. The second-order valence-electron chi connectivity index (χ2n) is 6.36. The molecule has 2 heterocycles. The van der Waals surface area contributed by atoms with Crippen molar-refractivity contribution in [2.45, 2.75) is 19.8 Å². The van der Waals surface area contributed by atoms with Gasteiger partial charge in [0.15, 0.2) is 11.5 Å². The van der Waals surface area contributed by atoms with Crippen LogP contribution in [0.5, 0.6) is 11.5 Å². The van der Waals surface area contributed by atoms with Crippen LogP contribution in [0.4, 0.5) is 0 Å². The van der Waals surface area contributed by atoms with E-state index in [1.165, 1.54) is 0 Å². The predicted molar refractivity (Wildman–Crippen MR) is 98.9 cm³/mol. The van der Waals surface area contributed by atoms with E-state index in [2.05, 4.69) is 0 Å². The second-order valence-corrected chi connectivity index (χ2v) is 6.36. The molecule has 0 fully saturated rings. The first-order valence-electron chi connectivity index (χ1n) is 8.63. The number of hydrogen-bond acceptors (Lipinski definition) is 4. The standard InChI is InChI=1S/C21H19NO4/c1-13-15-5-2-3-6-17(15)22-21(16(13)12-20(23)24)14-7-8-18-19(11-14)26-10-4-9-25-18/h2-3,5-8,11H,4,9-10,12H2,1H3,(H,23,24). The van der Waals surface area contributed by atoms with Crippen LogP contribution >= 0.6 is 0 Å². The first-order chi connectivity index (χ1) is 12.6. The molecule has 26 heavy (non-hydrogen) atoms. The number of rotatable bonds is 3. The molecule has 1 aliphatic rings. The summed E-state index contributed by atoms with van der Waals surface area (Å²) in [6.07, 6.45) is 0.759. The predicted octanol–water partition coefficient (Wildman–Crippen LogP) is 4.00. The SMILES string of the molecule is Cc1c(CC(=O)O)c(-c2ccc3c(c2)OCCCO3)nc2ccccc12. The number of pyridine rings is 1. The van der Waals surface area contributed by atoms with Gasteiger partial charge in [-0.05, 0) is 42.3 Å². The fourth-order valence-corrected chi connectivity index (χ4v) is 3.33. The summed E-state index contributed by atoms with van der Waals surface area (Å²) in [6, 6.07) is 13.5. The molecule has 0 aliphatic carbocycles. The Balaban J connectivity index is 1.92. The van der Waals surface area contributed by atoms with E-state index in [9.17, 15) is 9.90 Å².